The lowest BCUT2D eigenvalue weighted by Gasteiger charge is -2.15. The second kappa shape index (κ2) is 4.65. The molecule has 1 fully saturated rings. The maximum atomic E-state index is 11.8. The zero-order chi connectivity index (χ0) is 11.5. The van der Waals surface area contributed by atoms with Crippen LogP contribution in [0.25, 0.3) is 0 Å². The Kier molecular flexibility index (Phi) is 3.24. The fourth-order valence-electron chi connectivity index (χ4n) is 1.87. The van der Waals surface area contributed by atoms with E-state index in [1.165, 1.54) is 0 Å². The highest BCUT2D eigenvalue weighted by atomic mass is 32.1. The molecule has 1 unspecified atom stereocenters. The molecule has 1 atom stereocenters. The summed E-state index contributed by atoms with van der Waals surface area (Å²) in [6, 6.07) is 1.92. The van der Waals surface area contributed by atoms with Gasteiger partial charge in [0.15, 0.2) is 0 Å². The van der Waals surface area contributed by atoms with Crippen LogP contribution in [0.5, 0.6) is 0 Å². The van der Waals surface area contributed by atoms with Crippen molar-refractivity contribution in [2.75, 3.05) is 13.1 Å². The fraction of sp³-hybridized carbons (Fsp3) is 0.455. The van der Waals surface area contributed by atoms with Gasteiger partial charge in [0.05, 0.1) is 12.3 Å². The molecule has 1 aromatic heterocycles. The summed E-state index contributed by atoms with van der Waals surface area (Å²) in [4.78, 5) is 24.2. The molecule has 0 saturated carbocycles. The van der Waals surface area contributed by atoms with Gasteiger partial charge < -0.3 is 10.0 Å². The average molecular weight is 239 g/mol. The molecule has 16 heavy (non-hydrogen) atoms. The van der Waals surface area contributed by atoms with Crippen molar-refractivity contribution in [2.24, 2.45) is 5.92 Å². The molecule has 1 saturated heterocycles. The number of amides is 1. The van der Waals surface area contributed by atoms with Crippen molar-refractivity contribution < 1.29 is 14.7 Å². The Morgan fingerprint density at radius 2 is 2.38 bits per heavy atom. The highest BCUT2D eigenvalue weighted by Crippen LogP contribution is 2.18. The molecule has 86 valence electrons. The number of thiophene rings is 1. The Labute approximate surface area is 97.5 Å². The third kappa shape index (κ3) is 2.41. The van der Waals surface area contributed by atoms with Gasteiger partial charge in [-0.15, -0.1) is 0 Å². The number of aliphatic carboxylic acids is 1. The Hall–Kier alpha value is -1.36. The monoisotopic (exact) mass is 239 g/mol. The van der Waals surface area contributed by atoms with Crippen LogP contribution in [0.3, 0.4) is 0 Å². The van der Waals surface area contributed by atoms with E-state index in [9.17, 15) is 9.59 Å². The van der Waals surface area contributed by atoms with E-state index in [1.807, 2.05) is 16.8 Å². The largest absolute Gasteiger partial charge is 0.481 e. The topological polar surface area (TPSA) is 57.6 Å². The molecule has 2 rings (SSSR count). The van der Waals surface area contributed by atoms with Crippen molar-refractivity contribution in [1.29, 1.82) is 0 Å². The number of hydrogen-bond donors (Lipinski definition) is 1. The molecule has 1 aliphatic heterocycles. The van der Waals surface area contributed by atoms with Gasteiger partial charge in [-0.1, -0.05) is 0 Å². The summed E-state index contributed by atoms with van der Waals surface area (Å²) in [7, 11) is 0. The van der Waals surface area contributed by atoms with Crippen LogP contribution < -0.4 is 0 Å². The van der Waals surface area contributed by atoms with E-state index in [1.54, 1.807) is 16.2 Å². The van der Waals surface area contributed by atoms with Crippen molar-refractivity contribution in [3.8, 4) is 0 Å². The molecule has 5 heteroatoms. The van der Waals surface area contributed by atoms with E-state index < -0.39 is 5.97 Å². The summed E-state index contributed by atoms with van der Waals surface area (Å²) < 4.78 is 0. The SMILES string of the molecule is O=C(O)C1CCN(C(=O)Cc2ccsc2)C1. The lowest BCUT2D eigenvalue weighted by atomic mass is 10.1. The normalized spacial score (nSPS) is 20.0. The van der Waals surface area contributed by atoms with Crippen LogP contribution in [0.15, 0.2) is 16.8 Å². The van der Waals surface area contributed by atoms with E-state index in [0.29, 0.717) is 25.9 Å². The molecule has 4 nitrogen and oxygen atoms in total. The first-order valence-electron chi connectivity index (χ1n) is 5.18. The van der Waals surface area contributed by atoms with Gasteiger partial charge in [0.2, 0.25) is 5.91 Å². The smallest absolute Gasteiger partial charge is 0.308 e. The second-order valence-corrected chi connectivity index (χ2v) is 4.75. The molecule has 0 aliphatic carbocycles. The number of rotatable bonds is 3. The minimum absolute atomic E-state index is 0.0298. The van der Waals surface area contributed by atoms with Crippen molar-refractivity contribution >= 4 is 23.2 Å². The lowest BCUT2D eigenvalue weighted by Crippen LogP contribution is -2.31. The second-order valence-electron chi connectivity index (χ2n) is 3.97. The maximum absolute atomic E-state index is 11.8. The minimum atomic E-state index is -0.800. The van der Waals surface area contributed by atoms with Gasteiger partial charge in [-0.05, 0) is 28.8 Å². The highest BCUT2D eigenvalue weighted by molar-refractivity contribution is 7.07. The van der Waals surface area contributed by atoms with Crippen LogP contribution in [0.4, 0.5) is 0 Å². The summed E-state index contributed by atoms with van der Waals surface area (Å²) in [6.45, 7) is 0.929. The lowest BCUT2D eigenvalue weighted by molar-refractivity contribution is -0.141. The number of carbonyl (C=O) groups is 2. The molecule has 0 radical (unpaired) electrons. The average Bonchev–Trinajstić information content (AvgIpc) is 2.86. The molecular weight excluding hydrogens is 226 g/mol. The van der Waals surface area contributed by atoms with Crippen LogP contribution in [0.1, 0.15) is 12.0 Å². The van der Waals surface area contributed by atoms with Crippen molar-refractivity contribution in [3.05, 3.63) is 22.4 Å². The minimum Gasteiger partial charge on any atom is -0.481 e. The first-order valence-corrected chi connectivity index (χ1v) is 6.13. The van der Waals surface area contributed by atoms with Gasteiger partial charge in [-0.2, -0.15) is 11.3 Å². The Bertz CT molecular complexity index is 388. The molecule has 1 N–H and O–H groups in total. The van der Waals surface area contributed by atoms with E-state index >= 15 is 0 Å². The third-order valence-corrected chi connectivity index (χ3v) is 3.56. The maximum Gasteiger partial charge on any atom is 0.308 e. The van der Waals surface area contributed by atoms with Gasteiger partial charge in [0, 0.05) is 13.1 Å². The van der Waals surface area contributed by atoms with Crippen LogP contribution in [-0.4, -0.2) is 35.0 Å². The standard InChI is InChI=1S/C11H13NO3S/c13-10(5-8-2-4-16-7-8)12-3-1-9(6-12)11(14)15/h2,4,7,9H,1,3,5-6H2,(H,14,15). The molecule has 0 bridgehead atoms. The molecular formula is C11H13NO3S. The Morgan fingerprint density at radius 1 is 1.56 bits per heavy atom. The molecule has 0 spiro atoms. The quantitative estimate of drug-likeness (QED) is 0.863. The zero-order valence-corrected chi connectivity index (χ0v) is 9.57. The van der Waals surface area contributed by atoms with E-state index in [-0.39, 0.29) is 11.8 Å². The number of hydrogen-bond acceptors (Lipinski definition) is 3. The van der Waals surface area contributed by atoms with Crippen LogP contribution in [0, 0.1) is 5.92 Å². The Morgan fingerprint density at radius 3 is 2.94 bits per heavy atom. The van der Waals surface area contributed by atoms with Crippen molar-refractivity contribution in [2.45, 2.75) is 12.8 Å². The predicted molar refractivity (Wildman–Crippen MR) is 60.3 cm³/mol. The van der Waals surface area contributed by atoms with E-state index in [2.05, 4.69) is 0 Å². The highest BCUT2D eigenvalue weighted by Gasteiger charge is 2.30. The number of carboxylic acid groups (broad SMARTS) is 1. The fourth-order valence-corrected chi connectivity index (χ4v) is 2.54. The zero-order valence-electron chi connectivity index (χ0n) is 8.76. The predicted octanol–water partition coefficient (Wildman–Crippen LogP) is 1.22. The molecule has 1 amide bonds. The number of carbonyl (C=O) groups excluding carboxylic acids is 1. The number of nitrogens with zero attached hydrogens (tertiary/aromatic N) is 1. The van der Waals surface area contributed by atoms with Crippen molar-refractivity contribution in [3.63, 3.8) is 0 Å². The molecule has 0 aromatic carbocycles. The van der Waals surface area contributed by atoms with E-state index in [0.717, 1.165) is 5.56 Å². The van der Waals surface area contributed by atoms with Gasteiger partial charge in [0.1, 0.15) is 0 Å². The first-order chi connectivity index (χ1) is 7.66. The molecule has 1 aromatic rings. The van der Waals surface area contributed by atoms with Crippen LogP contribution >= 0.6 is 11.3 Å². The van der Waals surface area contributed by atoms with Crippen LogP contribution in [0.2, 0.25) is 0 Å². The number of likely N-dealkylation sites (tertiary alicyclic amines) is 1. The summed E-state index contributed by atoms with van der Waals surface area (Å²) in [5.41, 5.74) is 1.01. The first kappa shape index (κ1) is 11.1. The Balaban J connectivity index is 1.90. The van der Waals surface area contributed by atoms with Gasteiger partial charge in [-0.3, -0.25) is 9.59 Å². The molecule has 2 heterocycles. The third-order valence-electron chi connectivity index (χ3n) is 2.83. The summed E-state index contributed by atoms with van der Waals surface area (Å²) >= 11 is 1.56. The molecule has 1 aliphatic rings. The van der Waals surface area contributed by atoms with Crippen molar-refractivity contribution in [1.82, 2.24) is 4.90 Å². The van der Waals surface area contributed by atoms with Gasteiger partial charge in [-0.25, -0.2) is 0 Å². The summed E-state index contributed by atoms with van der Waals surface area (Å²) in [6.07, 6.45) is 0.959. The summed E-state index contributed by atoms with van der Waals surface area (Å²) in [5.74, 6) is -1.15. The van der Waals surface area contributed by atoms with Crippen LogP contribution in [-0.2, 0) is 16.0 Å². The summed E-state index contributed by atoms with van der Waals surface area (Å²) in [5, 5.41) is 12.7. The number of carboxylic acids is 1. The van der Waals surface area contributed by atoms with Gasteiger partial charge in [0.25, 0.3) is 0 Å². The van der Waals surface area contributed by atoms with Gasteiger partial charge >= 0.3 is 5.97 Å². The van der Waals surface area contributed by atoms with E-state index in [4.69, 9.17) is 5.11 Å².